The highest BCUT2D eigenvalue weighted by Gasteiger charge is 2.24. The van der Waals surface area contributed by atoms with Crippen LogP contribution < -0.4 is 15.6 Å². The number of ether oxygens (including phenoxy) is 1. The average Bonchev–Trinajstić information content (AvgIpc) is 3.38. The molecule has 8 heteroatoms. The second-order valence-electron chi connectivity index (χ2n) is 8.21. The largest absolute Gasteiger partial charge is 0.493 e. The summed E-state index contributed by atoms with van der Waals surface area (Å²) in [5.41, 5.74) is 1.02. The summed E-state index contributed by atoms with van der Waals surface area (Å²) in [6.07, 6.45) is 6.75. The molecule has 2 heterocycles. The van der Waals surface area contributed by atoms with Crippen LogP contribution in [-0.4, -0.2) is 46.0 Å². The smallest absolute Gasteiger partial charge is 0.263 e. The number of carbonyl (C=O) groups excluding carboxylic acids is 2. The average molecular weight is 412 g/mol. The molecule has 1 aliphatic carbocycles. The van der Waals surface area contributed by atoms with Gasteiger partial charge >= 0.3 is 0 Å². The summed E-state index contributed by atoms with van der Waals surface area (Å²) < 4.78 is 7.25. The standard InChI is InChI=1S/C22H28N4O4/c1-14-17(30-12-6-5-9-19(28)25(2)15-7-3-4-8-15)11-10-16-20(14)21(29)26-13-18(27)24-22(26)23-16/h10-11,15H,3-9,12-13H2,1-2H3,(H,23,24,27). The number of nitrogens with one attached hydrogen (secondary N) is 1. The summed E-state index contributed by atoms with van der Waals surface area (Å²) in [6.45, 7) is 2.30. The molecule has 1 fully saturated rings. The van der Waals surface area contributed by atoms with Crippen LogP contribution in [0.2, 0.25) is 0 Å². The van der Waals surface area contributed by atoms with Gasteiger partial charge in [0.1, 0.15) is 12.3 Å². The summed E-state index contributed by atoms with van der Waals surface area (Å²) >= 11 is 0. The van der Waals surface area contributed by atoms with Crippen molar-refractivity contribution in [1.82, 2.24) is 14.5 Å². The number of unbranched alkanes of at least 4 members (excludes halogenated alkanes) is 1. The number of carbonyl (C=O) groups is 2. The van der Waals surface area contributed by atoms with E-state index in [0.717, 1.165) is 31.2 Å². The Hall–Kier alpha value is -2.90. The molecular weight excluding hydrogens is 384 g/mol. The Kier molecular flexibility index (Phi) is 5.74. The van der Waals surface area contributed by atoms with Gasteiger partial charge in [-0.1, -0.05) is 12.8 Å². The molecule has 2 aliphatic rings. The van der Waals surface area contributed by atoms with Crippen LogP contribution in [-0.2, 0) is 16.1 Å². The number of hydrogen-bond acceptors (Lipinski definition) is 5. The number of nitrogens with zero attached hydrogens (tertiary/aromatic N) is 3. The van der Waals surface area contributed by atoms with Crippen LogP contribution >= 0.6 is 0 Å². The Morgan fingerprint density at radius 1 is 1.27 bits per heavy atom. The van der Waals surface area contributed by atoms with Gasteiger partial charge in [0, 0.05) is 25.1 Å². The fourth-order valence-electron chi connectivity index (χ4n) is 4.39. The van der Waals surface area contributed by atoms with Gasteiger partial charge in [0.05, 0.1) is 17.5 Å². The number of aryl methyl sites for hydroxylation is 1. The molecule has 2 amide bonds. The minimum Gasteiger partial charge on any atom is -0.493 e. The number of amides is 2. The van der Waals surface area contributed by atoms with E-state index in [-0.39, 0.29) is 29.9 Å². The Balaban J connectivity index is 1.34. The SMILES string of the molecule is Cc1c(OCCCCC(=O)N(C)C2CCCC2)ccc2nc3n(c(=O)c12)CC(=O)N3. The van der Waals surface area contributed by atoms with Crippen LogP contribution in [0.25, 0.3) is 10.9 Å². The van der Waals surface area contributed by atoms with Gasteiger partial charge in [0.2, 0.25) is 17.8 Å². The zero-order valence-electron chi connectivity index (χ0n) is 17.6. The fraction of sp³-hybridized carbons (Fsp3) is 0.545. The van der Waals surface area contributed by atoms with Crippen LogP contribution in [0.15, 0.2) is 16.9 Å². The molecule has 1 aromatic heterocycles. The van der Waals surface area contributed by atoms with Crippen LogP contribution in [0.1, 0.15) is 50.5 Å². The third-order valence-electron chi connectivity index (χ3n) is 6.20. The molecule has 2 aromatic rings. The summed E-state index contributed by atoms with van der Waals surface area (Å²) in [5, 5.41) is 3.07. The van der Waals surface area contributed by atoms with Crippen molar-refractivity contribution in [3.8, 4) is 5.75 Å². The number of rotatable bonds is 7. The van der Waals surface area contributed by atoms with Crippen molar-refractivity contribution in [2.24, 2.45) is 0 Å². The molecule has 1 N–H and O–H groups in total. The molecule has 0 unspecified atom stereocenters. The van der Waals surface area contributed by atoms with Crippen LogP contribution in [0.3, 0.4) is 0 Å². The van der Waals surface area contributed by atoms with Gasteiger partial charge in [0.25, 0.3) is 5.56 Å². The molecule has 1 aromatic carbocycles. The van der Waals surface area contributed by atoms with E-state index in [0.29, 0.717) is 35.7 Å². The molecule has 30 heavy (non-hydrogen) atoms. The summed E-state index contributed by atoms with van der Waals surface area (Å²) in [4.78, 5) is 43.0. The lowest BCUT2D eigenvalue weighted by Gasteiger charge is -2.24. The Labute approximate surface area is 175 Å². The molecule has 0 saturated heterocycles. The first-order valence-electron chi connectivity index (χ1n) is 10.7. The minimum atomic E-state index is -0.239. The topological polar surface area (TPSA) is 93.5 Å². The van der Waals surface area contributed by atoms with E-state index in [1.165, 1.54) is 17.4 Å². The summed E-state index contributed by atoms with van der Waals surface area (Å²) in [5.74, 6) is 0.892. The molecule has 0 spiro atoms. The van der Waals surface area contributed by atoms with E-state index < -0.39 is 0 Å². The molecule has 160 valence electrons. The van der Waals surface area contributed by atoms with E-state index in [2.05, 4.69) is 10.3 Å². The van der Waals surface area contributed by atoms with Gasteiger partial charge in [-0.05, 0) is 44.7 Å². The van der Waals surface area contributed by atoms with E-state index in [1.54, 1.807) is 12.1 Å². The molecule has 4 rings (SSSR count). The number of anilines is 1. The third kappa shape index (κ3) is 3.91. The minimum absolute atomic E-state index is 0.00896. The summed E-state index contributed by atoms with van der Waals surface area (Å²) in [6, 6.07) is 3.95. The third-order valence-corrected chi connectivity index (χ3v) is 6.20. The van der Waals surface area contributed by atoms with E-state index in [4.69, 9.17) is 4.74 Å². The first kappa shape index (κ1) is 20.4. The van der Waals surface area contributed by atoms with Gasteiger partial charge in [-0.15, -0.1) is 0 Å². The maximum absolute atomic E-state index is 12.8. The van der Waals surface area contributed by atoms with Crippen LogP contribution in [0.5, 0.6) is 5.75 Å². The highest BCUT2D eigenvalue weighted by atomic mass is 16.5. The second-order valence-corrected chi connectivity index (χ2v) is 8.21. The molecule has 8 nitrogen and oxygen atoms in total. The Morgan fingerprint density at radius 2 is 2.03 bits per heavy atom. The highest BCUT2D eigenvalue weighted by Crippen LogP contribution is 2.26. The lowest BCUT2D eigenvalue weighted by Crippen LogP contribution is -2.34. The first-order valence-corrected chi connectivity index (χ1v) is 10.7. The lowest BCUT2D eigenvalue weighted by atomic mass is 10.1. The van der Waals surface area contributed by atoms with Crippen LogP contribution in [0, 0.1) is 6.92 Å². The van der Waals surface area contributed by atoms with Gasteiger partial charge in [-0.3, -0.25) is 24.3 Å². The number of aromatic nitrogens is 2. The Morgan fingerprint density at radius 3 is 2.80 bits per heavy atom. The van der Waals surface area contributed by atoms with Gasteiger partial charge < -0.3 is 9.64 Å². The van der Waals surface area contributed by atoms with E-state index in [9.17, 15) is 14.4 Å². The first-order chi connectivity index (χ1) is 14.5. The second kappa shape index (κ2) is 8.45. The maximum Gasteiger partial charge on any atom is 0.263 e. The zero-order valence-corrected chi connectivity index (χ0v) is 17.6. The molecule has 0 atom stereocenters. The maximum atomic E-state index is 12.8. The molecule has 1 saturated carbocycles. The highest BCUT2D eigenvalue weighted by molar-refractivity contribution is 5.94. The van der Waals surface area contributed by atoms with Crippen molar-refractivity contribution in [2.75, 3.05) is 19.0 Å². The Bertz CT molecular complexity index is 1040. The number of fused-ring (bicyclic) bond motifs is 2. The lowest BCUT2D eigenvalue weighted by molar-refractivity contribution is -0.132. The molecule has 0 bridgehead atoms. The molecule has 0 radical (unpaired) electrons. The van der Waals surface area contributed by atoms with Crippen molar-refractivity contribution >= 4 is 28.7 Å². The zero-order chi connectivity index (χ0) is 21.3. The van der Waals surface area contributed by atoms with E-state index >= 15 is 0 Å². The predicted octanol–water partition coefficient (Wildman–Crippen LogP) is 2.61. The van der Waals surface area contributed by atoms with Crippen LogP contribution in [0.4, 0.5) is 5.95 Å². The van der Waals surface area contributed by atoms with Crippen molar-refractivity contribution in [3.63, 3.8) is 0 Å². The number of benzene rings is 1. The normalized spacial score (nSPS) is 16.0. The molecule has 1 aliphatic heterocycles. The quantitative estimate of drug-likeness (QED) is 0.706. The predicted molar refractivity (Wildman–Crippen MR) is 114 cm³/mol. The van der Waals surface area contributed by atoms with Crippen molar-refractivity contribution in [3.05, 3.63) is 28.0 Å². The van der Waals surface area contributed by atoms with E-state index in [1.807, 2.05) is 18.9 Å². The van der Waals surface area contributed by atoms with Crippen molar-refractivity contribution in [2.45, 2.75) is 64.5 Å². The van der Waals surface area contributed by atoms with Gasteiger partial charge in [-0.25, -0.2) is 4.98 Å². The van der Waals surface area contributed by atoms with Gasteiger partial charge in [-0.2, -0.15) is 0 Å². The fourth-order valence-corrected chi connectivity index (χ4v) is 4.39. The van der Waals surface area contributed by atoms with Crippen molar-refractivity contribution < 1.29 is 14.3 Å². The van der Waals surface area contributed by atoms with Crippen molar-refractivity contribution in [1.29, 1.82) is 0 Å². The monoisotopic (exact) mass is 412 g/mol. The van der Waals surface area contributed by atoms with Gasteiger partial charge in [0.15, 0.2) is 0 Å². The summed E-state index contributed by atoms with van der Waals surface area (Å²) in [7, 11) is 1.92. The number of hydrogen-bond donors (Lipinski definition) is 1. The molecular formula is C22H28N4O4.